The quantitative estimate of drug-likeness (QED) is 0.345. The van der Waals surface area contributed by atoms with Gasteiger partial charge in [-0.2, -0.15) is 0 Å². The average Bonchev–Trinajstić information content (AvgIpc) is 2.51. The third-order valence-corrected chi connectivity index (χ3v) is 3.89. The lowest BCUT2D eigenvalue weighted by atomic mass is 9.95. The van der Waals surface area contributed by atoms with Crippen molar-refractivity contribution < 1.29 is 20.1 Å². The number of hydrogen-bond donors (Lipinski definition) is 3. The molecule has 0 saturated carbocycles. The van der Waals surface area contributed by atoms with Crippen LogP contribution < -0.4 is 0 Å². The highest BCUT2D eigenvalue weighted by Crippen LogP contribution is 2.17. The van der Waals surface area contributed by atoms with Crippen molar-refractivity contribution in [3.63, 3.8) is 0 Å². The minimum atomic E-state index is -0.902. The Hall–Kier alpha value is -1.91. The van der Waals surface area contributed by atoms with E-state index < -0.39 is 18.2 Å². The number of aliphatic hydroxyl groups excluding tert-OH is 2. The number of carbonyl (C=O) groups is 1. The van der Waals surface area contributed by atoms with Crippen molar-refractivity contribution in [2.75, 3.05) is 0 Å². The second-order valence-corrected chi connectivity index (χ2v) is 6.48. The fraction of sp³-hybridized carbons (Fsp3) is 0.476. The van der Waals surface area contributed by atoms with E-state index in [4.69, 9.17) is 5.11 Å². The molecule has 0 amide bonds. The Kier molecular flexibility index (Phi) is 11.5. The zero-order chi connectivity index (χ0) is 19.4. The fourth-order valence-electron chi connectivity index (χ4n) is 2.17. The maximum Gasteiger partial charge on any atom is 0.307 e. The van der Waals surface area contributed by atoms with Gasteiger partial charge in [0, 0.05) is 12.3 Å². The summed E-state index contributed by atoms with van der Waals surface area (Å²) in [5.74, 6) is -1.01. The van der Waals surface area contributed by atoms with Crippen LogP contribution in [0.4, 0.5) is 0 Å². The van der Waals surface area contributed by atoms with E-state index in [1.165, 1.54) is 0 Å². The molecule has 0 heterocycles. The summed E-state index contributed by atoms with van der Waals surface area (Å²) in [5.41, 5.74) is 2.36. The first-order valence-corrected chi connectivity index (χ1v) is 8.60. The van der Waals surface area contributed by atoms with E-state index in [0.29, 0.717) is 24.8 Å². The predicted octanol–water partition coefficient (Wildman–Crippen LogP) is 4.18. The molecule has 4 heteroatoms. The minimum absolute atomic E-state index is 0.0746. The van der Waals surface area contributed by atoms with Crippen LogP contribution in [0, 0.1) is 5.92 Å². The van der Waals surface area contributed by atoms with E-state index in [1.807, 2.05) is 32.1 Å². The van der Waals surface area contributed by atoms with Crippen LogP contribution in [0.15, 0.2) is 60.8 Å². The van der Waals surface area contributed by atoms with Gasteiger partial charge in [0.2, 0.25) is 0 Å². The molecule has 0 saturated heterocycles. The number of aliphatic carboxylic acids is 1. The van der Waals surface area contributed by atoms with Gasteiger partial charge < -0.3 is 15.3 Å². The maximum atomic E-state index is 10.5. The average molecular weight is 348 g/mol. The number of carboxylic acid groups (broad SMARTS) is 1. The third kappa shape index (κ3) is 12.1. The van der Waals surface area contributed by atoms with Crippen LogP contribution in [-0.2, 0) is 4.79 Å². The number of carboxylic acids is 1. The van der Waals surface area contributed by atoms with Crippen molar-refractivity contribution in [2.45, 2.75) is 58.2 Å². The Morgan fingerprint density at radius 3 is 2.32 bits per heavy atom. The van der Waals surface area contributed by atoms with Gasteiger partial charge in [-0.25, -0.2) is 0 Å². The van der Waals surface area contributed by atoms with Gasteiger partial charge >= 0.3 is 5.97 Å². The van der Waals surface area contributed by atoms with Crippen LogP contribution in [0.2, 0.25) is 0 Å². The summed E-state index contributed by atoms with van der Waals surface area (Å²) in [6.07, 6.45) is 8.17. The van der Waals surface area contributed by atoms with Crippen molar-refractivity contribution in [1.29, 1.82) is 0 Å². The monoisotopic (exact) mass is 348 g/mol. The Morgan fingerprint density at radius 1 is 1.12 bits per heavy atom. The molecule has 0 radical (unpaired) electrons. The van der Waals surface area contributed by atoms with Crippen molar-refractivity contribution in [2.24, 2.45) is 5.92 Å². The Labute approximate surface area is 151 Å². The number of rotatable bonds is 13. The van der Waals surface area contributed by atoms with Gasteiger partial charge in [-0.05, 0) is 24.8 Å². The maximum absolute atomic E-state index is 10.5. The van der Waals surface area contributed by atoms with Crippen molar-refractivity contribution in [3.8, 4) is 0 Å². The Morgan fingerprint density at radius 2 is 1.76 bits per heavy atom. The first-order chi connectivity index (χ1) is 11.6. The highest BCUT2D eigenvalue weighted by molar-refractivity contribution is 5.70. The molecule has 0 aliphatic rings. The summed E-state index contributed by atoms with van der Waals surface area (Å²) in [4.78, 5) is 10.5. The molecule has 0 spiro atoms. The summed E-state index contributed by atoms with van der Waals surface area (Å²) in [7, 11) is 0. The van der Waals surface area contributed by atoms with E-state index in [-0.39, 0.29) is 12.3 Å². The zero-order valence-electron chi connectivity index (χ0n) is 15.4. The Bertz CT molecular complexity index is 528. The van der Waals surface area contributed by atoms with E-state index >= 15 is 0 Å². The summed E-state index contributed by atoms with van der Waals surface area (Å²) in [6.45, 7) is 15.3. The Balaban J connectivity index is 4.30. The topological polar surface area (TPSA) is 77.8 Å². The largest absolute Gasteiger partial charge is 0.481 e. The molecule has 0 aromatic rings. The molecular weight excluding hydrogens is 316 g/mol. The predicted molar refractivity (Wildman–Crippen MR) is 103 cm³/mol. The van der Waals surface area contributed by atoms with E-state index in [0.717, 1.165) is 17.6 Å². The van der Waals surface area contributed by atoms with Crippen LogP contribution in [0.3, 0.4) is 0 Å². The summed E-state index contributed by atoms with van der Waals surface area (Å²) >= 11 is 0. The van der Waals surface area contributed by atoms with Crippen molar-refractivity contribution >= 4 is 5.97 Å². The molecule has 3 unspecified atom stereocenters. The zero-order valence-corrected chi connectivity index (χ0v) is 15.4. The smallest absolute Gasteiger partial charge is 0.307 e. The van der Waals surface area contributed by atoms with Crippen molar-refractivity contribution in [3.05, 3.63) is 60.8 Å². The summed E-state index contributed by atoms with van der Waals surface area (Å²) in [6, 6.07) is 0. The van der Waals surface area contributed by atoms with Crippen LogP contribution in [0.5, 0.6) is 0 Å². The second kappa shape index (κ2) is 12.5. The highest BCUT2D eigenvalue weighted by Gasteiger charge is 2.16. The first kappa shape index (κ1) is 23.1. The standard InChI is InChI=1S/C21H32O4/c1-6-15(2)12-19(22)14-20(23)18(5)11-10-16(3)8-7-9-17(4)13-21(24)25/h7,9-11,18-20,22-23H,2-4,6,8,12-14H2,1,5H3,(H,24,25). The summed E-state index contributed by atoms with van der Waals surface area (Å²) < 4.78 is 0. The van der Waals surface area contributed by atoms with Crippen LogP contribution in [0.25, 0.3) is 0 Å². The summed E-state index contributed by atoms with van der Waals surface area (Å²) in [5, 5.41) is 28.8. The molecule has 0 rings (SSSR count). The lowest BCUT2D eigenvalue weighted by Gasteiger charge is -2.19. The number of aliphatic hydroxyl groups is 2. The van der Waals surface area contributed by atoms with Gasteiger partial charge in [0.1, 0.15) is 0 Å². The molecule has 0 aliphatic heterocycles. The SMILES string of the molecule is C=C(C=CC(C)C(O)CC(O)CC(=C)CC)CC=CC(=C)CC(=O)O. The number of hydrogen-bond acceptors (Lipinski definition) is 3. The third-order valence-electron chi connectivity index (χ3n) is 3.89. The van der Waals surface area contributed by atoms with Gasteiger partial charge in [0.05, 0.1) is 18.6 Å². The molecule has 3 atom stereocenters. The van der Waals surface area contributed by atoms with E-state index in [1.54, 1.807) is 6.08 Å². The van der Waals surface area contributed by atoms with Crippen LogP contribution in [0.1, 0.15) is 46.0 Å². The molecule has 0 fully saturated rings. The molecule has 0 aliphatic carbocycles. The molecule has 140 valence electrons. The molecule has 0 aromatic carbocycles. The normalized spacial score (nSPS) is 15.2. The van der Waals surface area contributed by atoms with Crippen molar-refractivity contribution in [1.82, 2.24) is 0 Å². The number of allylic oxidation sites excluding steroid dienone is 4. The molecule has 25 heavy (non-hydrogen) atoms. The van der Waals surface area contributed by atoms with E-state index in [2.05, 4.69) is 19.7 Å². The van der Waals surface area contributed by atoms with Gasteiger partial charge in [0.25, 0.3) is 0 Å². The van der Waals surface area contributed by atoms with E-state index in [9.17, 15) is 15.0 Å². The minimum Gasteiger partial charge on any atom is -0.481 e. The van der Waals surface area contributed by atoms with Gasteiger partial charge in [0.15, 0.2) is 0 Å². The van der Waals surface area contributed by atoms with Gasteiger partial charge in [-0.3, -0.25) is 4.79 Å². The highest BCUT2D eigenvalue weighted by atomic mass is 16.4. The molecule has 3 N–H and O–H groups in total. The molecule has 0 aromatic heterocycles. The van der Waals surface area contributed by atoms with Crippen LogP contribution in [-0.4, -0.2) is 33.5 Å². The molecule has 4 nitrogen and oxygen atoms in total. The van der Waals surface area contributed by atoms with Crippen LogP contribution >= 0.6 is 0 Å². The first-order valence-electron chi connectivity index (χ1n) is 8.60. The lowest BCUT2D eigenvalue weighted by Crippen LogP contribution is -2.23. The lowest BCUT2D eigenvalue weighted by molar-refractivity contribution is -0.136. The second-order valence-electron chi connectivity index (χ2n) is 6.48. The van der Waals surface area contributed by atoms with Gasteiger partial charge in [-0.1, -0.05) is 69.0 Å². The molecule has 0 bridgehead atoms. The van der Waals surface area contributed by atoms with Gasteiger partial charge in [-0.15, -0.1) is 0 Å². The fourth-order valence-corrected chi connectivity index (χ4v) is 2.17. The molecular formula is C21H32O4.